The van der Waals surface area contributed by atoms with Crippen molar-refractivity contribution < 1.29 is 5.11 Å². The molecular weight excluding hydrogens is 186 g/mol. The van der Waals surface area contributed by atoms with Gasteiger partial charge in [0.2, 0.25) is 0 Å². The Morgan fingerprint density at radius 2 is 1.92 bits per heavy atom. The maximum absolute atomic E-state index is 9.22. The summed E-state index contributed by atoms with van der Waals surface area (Å²) in [5.41, 5.74) is 1.48. The van der Waals surface area contributed by atoms with Gasteiger partial charge in [-0.15, -0.1) is 0 Å². The number of aliphatic hydroxyl groups excluding tert-OH is 1. The highest BCUT2D eigenvalue weighted by Crippen LogP contribution is 2.14. The van der Waals surface area contributed by atoms with Crippen molar-refractivity contribution in [2.24, 2.45) is 0 Å². The van der Waals surface area contributed by atoms with Crippen LogP contribution in [0.5, 0.6) is 0 Å². The summed E-state index contributed by atoms with van der Waals surface area (Å²) in [5.74, 6) is 0.238. The molecule has 0 atom stereocenters. The van der Waals surface area contributed by atoms with E-state index in [1.807, 2.05) is 13.0 Å². The van der Waals surface area contributed by atoms with Crippen molar-refractivity contribution in [2.45, 2.75) is 20.8 Å². The fourth-order valence-electron chi connectivity index (χ4n) is 0.806. The molecule has 0 aliphatic carbocycles. The average molecular weight is 200 g/mol. The fourth-order valence-corrected chi connectivity index (χ4v) is 0.924. The summed E-state index contributed by atoms with van der Waals surface area (Å²) in [6.07, 6.45) is 5.13. The molecular formula is C10H14ClNO. The minimum atomic E-state index is -0.0475. The van der Waals surface area contributed by atoms with Gasteiger partial charge in [-0.25, -0.2) is 0 Å². The fraction of sp³-hybridized carbons (Fsp3) is 0.300. The first kappa shape index (κ1) is 12.0. The molecule has 0 saturated carbocycles. The van der Waals surface area contributed by atoms with E-state index in [0.717, 1.165) is 11.1 Å². The molecule has 0 aliphatic rings. The van der Waals surface area contributed by atoms with Gasteiger partial charge in [-0.1, -0.05) is 23.8 Å². The third-order valence-electron chi connectivity index (χ3n) is 1.60. The topological polar surface area (TPSA) is 44.1 Å². The maximum Gasteiger partial charge on any atom is 0.121 e. The van der Waals surface area contributed by atoms with E-state index in [0.29, 0.717) is 0 Å². The molecule has 3 heteroatoms. The van der Waals surface area contributed by atoms with E-state index in [2.05, 4.69) is 0 Å². The summed E-state index contributed by atoms with van der Waals surface area (Å²) in [7, 11) is 0. The van der Waals surface area contributed by atoms with Crippen molar-refractivity contribution in [1.82, 2.24) is 0 Å². The Balaban J connectivity index is 5.05. The first-order chi connectivity index (χ1) is 5.99. The van der Waals surface area contributed by atoms with E-state index >= 15 is 0 Å². The number of nitrogens with one attached hydrogen (secondary N) is 1. The molecule has 13 heavy (non-hydrogen) atoms. The minimum absolute atomic E-state index is 0.0475. The predicted molar refractivity (Wildman–Crippen MR) is 57.5 cm³/mol. The molecule has 0 aromatic carbocycles. The molecule has 0 amide bonds. The number of allylic oxidation sites excluding steroid dienone is 6. The first-order valence-electron chi connectivity index (χ1n) is 3.94. The van der Waals surface area contributed by atoms with Crippen LogP contribution in [0, 0.1) is 5.41 Å². The van der Waals surface area contributed by atoms with Gasteiger partial charge in [-0.05, 0) is 38.0 Å². The summed E-state index contributed by atoms with van der Waals surface area (Å²) in [6, 6.07) is 0. The van der Waals surface area contributed by atoms with Gasteiger partial charge in [-0.3, -0.25) is 5.41 Å². The van der Waals surface area contributed by atoms with Crippen molar-refractivity contribution >= 4 is 16.8 Å². The van der Waals surface area contributed by atoms with Crippen molar-refractivity contribution in [2.75, 3.05) is 0 Å². The van der Waals surface area contributed by atoms with E-state index in [1.165, 1.54) is 6.08 Å². The zero-order chi connectivity index (χ0) is 10.4. The largest absolute Gasteiger partial charge is 0.512 e. The summed E-state index contributed by atoms with van der Waals surface area (Å²) in [6.45, 7) is 5.25. The first-order valence-corrected chi connectivity index (χ1v) is 4.32. The molecule has 72 valence electrons. The molecule has 0 rings (SSSR count). The lowest BCUT2D eigenvalue weighted by molar-refractivity contribution is 0.408. The van der Waals surface area contributed by atoms with E-state index in [1.54, 1.807) is 19.9 Å². The van der Waals surface area contributed by atoms with Crippen LogP contribution in [-0.2, 0) is 0 Å². The normalized spacial score (nSPS) is 14.6. The number of rotatable bonds is 3. The summed E-state index contributed by atoms with van der Waals surface area (Å²) >= 11 is 5.43. The van der Waals surface area contributed by atoms with E-state index in [4.69, 9.17) is 17.0 Å². The zero-order valence-electron chi connectivity index (χ0n) is 8.06. The van der Waals surface area contributed by atoms with Crippen LogP contribution in [-0.4, -0.2) is 10.3 Å². The lowest BCUT2D eigenvalue weighted by atomic mass is 10.1. The van der Waals surface area contributed by atoms with Crippen molar-refractivity contribution in [3.63, 3.8) is 0 Å². The molecule has 0 radical (unpaired) electrons. The monoisotopic (exact) mass is 199 g/mol. The minimum Gasteiger partial charge on any atom is -0.512 e. The Kier molecular flexibility index (Phi) is 5.16. The van der Waals surface area contributed by atoms with Crippen LogP contribution >= 0.6 is 11.6 Å². The third kappa shape index (κ3) is 4.53. The van der Waals surface area contributed by atoms with Crippen molar-refractivity contribution in [3.8, 4) is 0 Å². The molecule has 2 N–H and O–H groups in total. The standard InChI is InChI=1S/C10H14ClNO/c1-4-5-9(6-10(11)12)7(2)8(3)13/h4-6,12-13H,1-3H3/b5-4-,8-7?,9-6?,12-10?. The Labute approximate surface area is 83.7 Å². The number of aliphatic hydroxyl groups is 1. The van der Waals surface area contributed by atoms with Gasteiger partial charge in [0.15, 0.2) is 0 Å². The highest BCUT2D eigenvalue weighted by molar-refractivity contribution is 6.67. The van der Waals surface area contributed by atoms with Crippen LogP contribution in [0.1, 0.15) is 20.8 Å². The second kappa shape index (κ2) is 5.60. The van der Waals surface area contributed by atoms with Gasteiger partial charge in [0.05, 0.1) is 5.76 Å². The molecule has 0 heterocycles. The highest BCUT2D eigenvalue weighted by Gasteiger charge is 2.00. The van der Waals surface area contributed by atoms with Gasteiger partial charge in [0.1, 0.15) is 5.17 Å². The van der Waals surface area contributed by atoms with E-state index in [-0.39, 0.29) is 10.9 Å². The lowest BCUT2D eigenvalue weighted by Crippen LogP contribution is -1.89. The Morgan fingerprint density at radius 3 is 2.23 bits per heavy atom. The highest BCUT2D eigenvalue weighted by atomic mass is 35.5. The molecule has 0 saturated heterocycles. The van der Waals surface area contributed by atoms with Gasteiger partial charge in [-0.2, -0.15) is 0 Å². The van der Waals surface area contributed by atoms with Crippen LogP contribution in [0.15, 0.2) is 35.1 Å². The summed E-state index contributed by atoms with van der Waals surface area (Å²) in [5, 5.41) is 16.3. The molecule has 0 aliphatic heterocycles. The molecule has 0 spiro atoms. The SMILES string of the molecule is C/C=C\C(=CC(=N)Cl)C(C)=C(C)O. The molecule has 0 aromatic rings. The molecule has 0 fully saturated rings. The Bertz CT molecular complexity index is 283. The number of halogens is 1. The summed E-state index contributed by atoms with van der Waals surface area (Å²) in [4.78, 5) is 0. The van der Waals surface area contributed by atoms with Crippen LogP contribution in [0.25, 0.3) is 0 Å². The lowest BCUT2D eigenvalue weighted by Gasteiger charge is -2.03. The second-order valence-electron chi connectivity index (χ2n) is 2.66. The van der Waals surface area contributed by atoms with Gasteiger partial charge < -0.3 is 5.11 Å². The number of hydrogen-bond acceptors (Lipinski definition) is 2. The zero-order valence-corrected chi connectivity index (χ0v) is 8.81. The van der Waals surface area contributed by atoms with Gasteiger partial charge in [0, 0.05) is 0 Å². The number of hydrogen-bond donors (Lipinski definition) is 2. The Hall–Kier alpha value is -1.02. The smallest absolute Gasteiger partial charge is 0.121 e. The molecule has 0 unspecified atom stereocenters. The average Bonchev–Trinajstić information content (AvgIpc) is 2.01. The van der Waals surface area contributed by atoms with E-state index in [9.17, 15) is 5.11 Å². The quantitative estimate of drug-likeness (QED) is 0.408. The van der Waals surface area contributed by atoms with Crippen LogP contribution in [0.2, 0.25) is 0 Å². The Morgan fingerprint density at radius 1 is 1.38 bits per heavy atom. The third-order valence-corrected chi connectivity index (χ3v) is 1.71. The van der Waals surface area contributed by atoms with E-state index < -0.39 is 0 Å². The van der Waals surface area contributed by atoms with Crippen LogP contribution < -0.4 is 0 Å². The van der Waals surface area contributed by atoms with Crippen LogP contribution in [0.4, 0.5) is 0 Å². The van der Waals surface area contributed by atoms with Gasteiger partial charge >= 0.3 is 0 Å². The molecule has 0 bridgehead atoms. The van der Waals surface area contributed by atoms with Gasteiger partial charge in [0.25, 0.3) is 0 Å². The second-order valence-corrected chi connectivity index (χ2v) is 3.07. The van der Waals surface area contributed by atoms with Crippen molar-refractivity contribution in [3.05, 3.63) is 35.1 Å². The van der Waals surface area contributed by atoms with Crippen LogP contribution in [0.3, 0.4) is 0 Å². The maximum atomic E-state index is 9.22. The predicted octanol–water partition coefficient (Wildman–Crippen LogP) is 3.56. The molecule has 0 aromatic heterocycles. The van der Waals surface area contributed by atoms with Crippen molar-refractivity contribution in [1.29, 1.82) is 5.41 Å². The summed E-state index contributed by atoms with van der Waals surface area (Å²) < 4.78 is 0. The molecule has 2 nitrogen and oxygen atoms in total.